The van der Waals surface area contributed by atoms with Gasteiger partial charge in [0.2, 0.25) is 0 Å². The second kappa shape index (κ2) is 3.46. The topological polar surface area (TPSA) is 35.2 Å². The van der Waals surface area contributed by atoms with Gasteiger partial charge >= 0.3 is 0 Å². The van der Waals surface area contributed by atoms with Gasteiger partial charge in [-0.05, 0) is 6.42 Å². The quantitative estimate of drug-likeness (QED) is 0.637. The van der Waals surface area contributed by atoms with Crippen LogP contribution in [-0.4, -0.2) is 25.2 Å². The van der Waals surface area contributed by atoms with Crippen LogP contribution < -0.4 is 5.73 Å². The third-order valence-corrected chi connectivity index (χ3v) is 1.52. The number of nitrogens with two attached hydrogens (primary N) is 1. The fourth-order valence-electron chi connectivity index (χ4n) is 0.769. The average molecular weight is 174 g/mol. The average Bonchev–Trinajstić information content (AvgIpc) is 2.16. The Morgan fingerprint density at radius 1 is 1.50 bits per heavy atom. The van der Waals surface area contributed by atoms with Crippen LogP contribution in [0.4, 0.5) is 8.78 Å². The molecule has 1 rings (SSSR count). The van der Waals surface area contributed by atoms with Gasteiger partial charge in [-0.15, -0.1) is 12.4 Å². The molecule has 2 nitrogen and oxygen atoms in total. The smallest absolute Gasteiger partial charge is 0.258 e. The number of hydrogen-bond donors (Lipinski definition) is 1. The predicted octanol–water partition coefficient (Wildman–Crippen LogP) is 0.791. The first-order valence-corrected chi connectivity index (χ1v) is 2.80. The molecule has 62 valence electrons. The number of alkyl halides is 2. The van der Waals surface area contributed by atoms with Crippen molar-refractivity contribution in [2.24, 2.45) is 5.73 Å². The van der Waals surface area contributed by atoms with E-state index >= 15 is 0 Å². The van der Waals surface area contributed by atoms with Crippen molar-refractivity contribution in [2.45, 2.75) is 18.4 Å². The van der Waals surface area contributed by atoms with E-state index in [-0.39, 0.29) is 25.4 Å². The summed E-state index contributed by atoms with van der Waals surface area (Å²) in [4.78, 5) is 0. The lowest BCUT2D eigenvalue weighted by Gasteiger charge is -2.19. The minimum absolute atomic E-state index is 0. The van der Waals surface area contributed by atoms with Crippen LogP contribution in [0.2, 0.25) is 0 Å². The second-order valence-corrected chi connectivity index (χ2v) is 2.34. The van der Waals surface area contributed by atoms with Gasteiger partial charge in [0.15, 0.2) is 0 Å². The molecule has 1 heterocycles. The molecule has 1 fully saturated rings. The highest BCUT2D eigenvalue weighted by Gasteiger charge is 2.39. The molecule has 1 aliphatic rings. The van der Waals surface area contributed by atoms with Gasteiger partial charge in [-0.2, -0.15) is 0 Å². The van der Waals surface area contributed by atoms with E-state index in [0.29, 0.717) is 6.61 Å². The minimum atomic E-state index is -2.46. The van der Waals surface area contributed by atoms with Crippen LogP contribution in [0, 0.1) is 0 Å². The Kier molecular flexibility index (Phi) is 3.48. The molecule has 5 heteroatoms. The van der Waals surface area contributed by atoms with Crippen LogP contribution >= 0.6 is 12.4 Å². The standard InChI is InChI=1S/C5H9F2NO.ClH/c6-4(7)5(8)1-2-9-3-5;/h4H,1-3,8H2;1H. The summed E-state index contributed by atoms with van der Waals surface area (Å²) >= 11 is 0. The summed E-state index contributed by atoms with van der Waals surface area (Å²) in [6.45, 7) is 0.353. The lowest BCUT2D eigenvalue weighted by Crippen LogP contribution is -2.47. The number of ether oxygens (including phenoxy) is 1. The lowest BCUT2D eigenvalue weighted by molar-refractivity contribution is 0.0442. The molecule has 0 aliphatic carbocycles. The summed E-state index contributed by atoms with van der Waals surface area (Å²) in [6, 6.07) is 0. The summed E-state index contributed by atoms with van der Waals surface area (Å²) in [5, 5.41) is 0. The lowest BCUT2D eigenvalue weighted by atomic mass is 10.0. The molecule has 0 aromatic heterocycles. The first-order valence-electron chi connectivity index (χ1n) is 2.80. The maximum Gasteiger partial charge on any atom is 0.258 e. The van der Waals surface area contributed by atoms with Gasteiger partial charge in [0.1, 0.15) is 5.54 Å². The molecule has 0 aromatic carbocycles. The van der Waals surface area contributed by atoms with E-state index in [1.807, 2.05) is 0 Å². The number of hydrogen-bond acceptors (Lipinski definition) is 2. The molecule has 0 radical (unpaired) electrons. The van der Waals surface area contributed by atoms with E-state index in [0.717, 1.165) is 0 Å². The Hall–Kier alpha value is 0.0700. The number of halogens is 3. The Bertz CT molecular complexity index is 106. The van der Waals surface area contributed by atoms with Crippen molar-refractivity contribution in [3.8, 4) is 0 Å². The van der Waals surface area contributed by atoms with Gasteiger partial charge in [-0.25, -0.2) is 8.78 Å². The predicted molar refractivity (Wildman–Crippen MR) is 35.6 cm³/mol. The van der Waals surface area contributed by atoms with Gasteiger partial charge in [0, 0.05) is 6.61 Å². The molecule has 1 aliphatic heterocycles. The van der Waals surface area contributed by atoms with Crippen LogP contribution in [0.25, 0.3) is 0 Å². The Morgan fingerprint density at radius 2 is 2.10 bits per heavy atom. The van der Waals surface area contributed by atoms with Crippen LogP contribution in [0.15, 0.2) is 0 Å². The van der Waals surface area contributed by atoms with E-state index in [1.54, 1.807) is 0 Å². The highest BCUT2D eigenvalue weighted by molar-refractivity contribution is 5.85. The molecule has 0 aromatic rings. The largest absolute Gasteiger partial charge is 0.379 e. The monoisotopic (exact) mass is 173 g/mol. The zero-order chi connectivity index (χ0) is 6.91. The van der Waals surface area contributed by atoms with Gasteiger partial charge in [0.05, 0.1) is 6.61 Å². The molecule has 0 spiro atoms. The highest BCUT2D eigenvalue weighted by atomic mass is 35.5. The SMILES string of the molecule is Cl.NC1(C(F)F)CCOC1. The van der Waals surface area contributed by atoms with E-state index in [9.17, 15) is 8.78 Å². The first kappa shape index (κ1) is 10.1. The van der Waals surface area contributed by atoms with Crippen molar-refractivity contribution < 1.29 is 13.5 Å². The van der Waals surface area contributed by atoms with Gasteiger partial charge < -0.3 is 10.5 Å². The van der Waals surface area contributed by atoms with Crippen molar-refractivity contribution in [2.75, 3.05) is 13.2 Å². The molecule has 1 unspecified atom stereocenters. The van der Waals surface area contributed by atoms with Crippen LogP contribution in [0.1, 0.15) is 6.42 Å². The summed E-state index contributed by atoms with van der Waals surface area (Å²) < 4.78 is 28.6. The Labute approximate surface area is 64.1 Å². The van der Waals surface area contributed by atoms with Crippen molar-refractivity contribution in [3.05, 3.63) is 0 Å². The summed E-state index contributed by atoms with van der Waals surface area (Å²) in [7, 11) is 0. The maximum absolute atomic E-state index is 11.9. The highest BCUT2D eigenvalue weighted by Crippen LogP contribution is 2.22. The van der Waals surface area contributed by atoms with Gasteiger partial charge in [-0.3, -0.25) is 0 Å². The molecular weight excluding hydrogens is 164 g/mol. The first-order chi connectivity index (χ1) is 4.15. The maximum atomic E-state index is 11.9. The molecule has 0 saturated carbocycles. The van der Waals surface area contributed by atoms with Crippen LogP contribution in [0.3, 0.4) is 0 Å². The van der Waals surface area contributed by atoms with Gasteiger partial charge in [0.25, 0.3) is 6.43 Å². The van der Waals surface area contributed by atoms with E-state index in [2.05, 4.69) is 0 Å². The zero-order valence-corrected chi connectivity index (χ0v) is 6.16. The third kappa shape index (κ3) is 1.78. The molecule has 2 N–H and O–H groups in total. The summed E-state index contributed by atoms with van der Waals surface area (Å²) in [5.74, 6) is 0. The third-order valence-electron chi connectivity index (χ3n) is 1.52. The second-order valence-electron chi connectivity index (χ2n) is 2.34. The van der Waals surface area contributed by atoms with Gasteiger partial charge in [-0.1, -0.05) is 0 Å². The number of rotatable bonds is 1. The summed E-state index contributed by atoms with van der Waals surface area (Å²) in [6.07, 6.45) is -2.19. The molecule has 0 amide bonds. The van der Waals surface area contributed by atoms with E-state index in [4.69, 9.17) is 10.5 Å². The molecule has 1 atom stereocenters. The molecule has 1 saturated heterocycles. The van der Waals surface area contributed by atoms with Crippen molar-refractivity contribution in [3.63, 3.8) is 0 Å². The molecule has 0 bridgehead atoms. The van der Waals surface area contributed by atoms with Crippen molar-refractivity contribution >= 4 is 12.4 Å². The van der Waals surface area contributed by atoms with E-state index < -0.39 is 12.0 Å². The molecular formula is C5H10ClF2NO. The van der Waals surface area contributed by atoms with Crippen molar-refractivity contribution in [1.82, 2.24) is 0 Å². The minimum Gasteiger partial charge on any atom is -0.379 e. The fraction of sp³-hybridized carbons (Fsp3) is 1.00. The normalized spacial score (nSPS) is 32.4. The summed E-state index contributed by atoms with van der Waals surface area (Å²) in [5.41, 5.74) is 3.87. The molecule has 10 heavy (non-hydrogen) atoms. The Balaban J connectivity index is 0.000000810. The zero-order valence-electron chi connectivity index (χ0n) is 5.35. The van der Waals surface area contributed by atoms with Crippen LogP contribution in [0.5, 0.6) is 0 Å². The van der Waals surface area contributed by atoms with E-state index in [1.165, 1.54) is 0 Å². The van der Waals surface area contributed by atoms with Crippen molar-refractivity contribution in [1.29, 1.82) is 0 Å². The fourth-order valence-corrected chi connectivity index (χ4v) is 0.769. The van der Waals surface area contributed by atoms with Crippen LogP contribution in [-0.2, 0) is 4.74 Å². The Morgan fingerprint density at radius 3 is 2.30 bits per heavy atom.